The van der Waals surface area contributed by atoms with Crippen molar-refractivity contribution in [2.45, 2.75) is 5.41 Å². The fraction of sp³-hybridized carbons (Fsp3) is 0.0182. The van der Waals surface area contributed by atoms with Crippen LogP contribution in [0.4, 0.5) is 17.1 Å². The highest BCUT2D eigenvalue weighted by molar-refractivity contribution is 7.25. The van der Waals surface area contributed by atoms with E-state index in [1.807, 2.05) is 23.5 Å². The first kappa shape index (κ1) is 34.1. The zero-order valence-electron chi connectivity index (χ0n) is 31.6. The molecule has 0 saturated heterocycles. The number of anilines is 3. The molecule has 0 aliphatic rings. The smallest absolute Gasteiger partial charge is 0.135 e. The van der Waals surface area contributed by atoms with Crippen molar-refractivity contribution < 1.29 is 4.42 Å². The molecule has 0 saturated carbocycles. The quantitative estimate of drug-likeness (QED) is 0.143. The van der Waals surface area contributed by atoms with Gasteiger partial charge in [-0.05, 0) is 100 Å². The van der Waals surface area contributed by atoms with Crippen molar-refractivity contribution in [2.75, 3.05) is 4.90 Å². The van der Waals surface area contributed by atoms with E-state index in [0.717, 1.165) is 50.1 Å². The van der Waals surface area contributed by atoms with E-state index in [-0.39, 0.29) is 0 Å². The van der Waals surface area contributed by atoms with Crippen LogP contribution in [0.5, 0.6) is 0 Å². The highest BCUT2D eigenvalue weighted by atomic mass is 32.1. The van der Waals surface area contributed by atoms with Gasteiger partial charge in [0.25, 0.3) is 0 Å². The second kappa shape index (κ2) is 14.1. The van der Waals surface area contributed by atoms with Gasteiger partial charge in [0.2, 0.25) is 0 Å². The predicted molar refractivity (Wildman–Crippen MR) is 245 cm³/mol. The number of hydrogen-bond acceptors (Lipinski definition) is 3. The van der Waals surface area contributed by atoms with E-state index in [4.69, 9.17) is 4.42 Å². The summed E-state index contributed by atoms with van der Waals surface area (Å²) >= 11 is 1.85. The van der Waals surface area contributed by atoms with Crippen molar-refractivity contribution >= 4 is 70.5 Å². The molecule has 0 unspecified atom stereocenters. The van der Waals surface area contributed by atoms with Crippen LogP contribution in [0.2, 0.25) is 0 Å². The zero-order valence-corrected chi connectivity index (χ0v) is 32.4. The summed E-state index contributed by atoms with van der Waals surface area (Å²) in [6.07, 6.45) is 0. The van der Waals surface area contributed by atoms with E-state index in [1.54, 1.807) is 0 Å². The number of fused-ring (bicyclic) bond motifs is 6. The van der Waals surface area contributed by atoms with Crippen LogP contribution in [0.25, 0.3) is 53.2 Å². The van der Waals surface area contributed by atoms with Crippen LogP contribution in [-0.4, -0.2) is 0 Å². The average molecular weight is 760 g/mol. The Bertz CT molecular complexity index is 3110. The van der Waals surface area contributed by atoms with Crippen LogP contribution in [0.1, 0.15) is 22.3 Å². The summed E-state index contributed by atoms with van der Waals surface area (Å²) in [7, 11) is 0. The maximum absolute atomic E-state index is 6.14. The van der Waals surface area contributed by atoms with Crippen LogP contribution in [0, 0.1) is 0 Å². The Morgan fingerprint density at radius 3 is 1.47 bits per heavy atom. The van der Waals surface area contributed by atoms with Crippen LogP contribution >= 0.6 is 11.3 Å². The van der Waals surface area contributed by atoms with Gasteiger partial charge < -0.3 is 9.32 Å². The topological polar surface area (TPSA) is 16.4 Å². The molecule has 0 radical (unpaired) electrons. The van der Waals surface area contributed by atoms with Gasteiger partial charge in [-0.15, -0.1) is 11.3 Å². The lowest BCUT2D eigenvalue weighted by Gasteiger charge is -2.37. The third-order valence-electron chi connectivity index (χ3n) is 11.6. The molecule has 0 spiro atoms. The Balaban J connectivity index is 1.06. The lowest BCUT2D eigenvalue weighted by atomic mass is 9.65. The second-order valence-corrected chi connectivity index (χ2v) is 15.9. The van der Waals surface area contributed by atoms with Gasteiger partial charge in [-0.25, -0.2) is 0 Å². The molecule has 9 aromatic carbocycles. The van der Waals surface area contributed by atoms with Crippen molar-refractivity contribution in [1.29, 1.82) is 0 Å². The Labute approximate surface area is 341 Å². The molecular weight excluding hydrogens is 723 g/mol. The average Bonchev–Trinajstić information content (AvgIpc) is 3.86. The maximum Gasteiger partial charge on any atom is 0.135 e. The maximum atomic E-state index is 6.14. The second-order valence-electron chi connectivity index (χ2n) is 14.9. The normalized spacial score (nSPS) is 11.8. The molecule has 11 aromatic rings. The van der Waals surface area contributed by atoms with E-state index in [1.165, 1.54) is 42.4 Å². The largest absolute Gasteiger partial charge is 0.456 e. The monoisotopic (exact) mass is 759 g/mol. The molecule has 2 aromatic heterocycles. The lowest BCUT2D eigenvalue weighted by Crippen LogP contribution is -2.31. The summed E-state index contributed by atoms with van der Waals surface area (Å²) in [5.74, 6) is 0. The summed E-state index contributed by atoms with van der Waals surface area (Å²) in [5, 5.41) is 4.83. The minimum atomic E-state index is -0.523. The van der Waals surface area contributed by atoms with E-state index >= 15 is 0 Å². The number of para-hydroxylation sites is 1. The molecule has 274 valence electrons. The number of rotatable bonds is 8. The summed E-state index contributed by atoms with van der Waals surface area (Å²) in [5.41, 5.74) is 11.8. The first-order chi connectivity index (χ1) is 28.7. The molecule has 3 heteroatoms. The van der Waals surface area contributed by atoms with Crippen molar-refractivity contribution in [3.05, 3.63) is 247 Å². The van der Waals surface area contributed by atoms with E-state index < -0.39 is 5.41 Å². The van der Waals surface area contributed by atoms with Gasteiger partial charge in [0.05, 0.1) is 5.41 Å². The number of benzene rings is 9. The summed E-state index contributed by atoms with van der Waals surface area (Å²) in [6, 6.07) is 81.3. The molecule has 2 heterocycles. The van der Waals surface area contributed by atoms with Gasteiger partial charge in [0.15, 0.2) is 0 Å². The van der Waals surface area contributed by atoms with E-state index in [0.29, 0.717) is 0 Å². The van der Waals surface area contributed by atoms with Gasteiger partial charge in [0.1, 0.15) is 11.2 Å². The fourth-order valence-corrected chi connectivity index (χ4v) is 10.0. The van der Waals surface area contributed by atoms with Gasteiger partial charge in [-0.2, -0.15) is 0 Å². The molecule has 58 heavy (non-hydrogen) atoms. The van der Waals surface area contributed by atoms with Crippen LogP contribution in [0.15, 0.2) is 229 Å². The molecule has 0 bridgehead atoms. The van der Waals surface area contributed by atoms with E-state index in [2.05, 4.69) is 217 Å². The molecule has 0 atom stereocenters. The first-order valence-electron chi connectivity index (χ1n) is 19.7. The molecule has 2 nitrogen and oxygen atoms in total. The van der Waals surface area contributed by atoms with Gasteiger partial charge >= 0.3 is 0 Å². The molecule has 0 fully saturated rings. The Hall–Kier alpha value is -7.20. The molecule has 0 amide bonds. The summed E-state index contributed by atoms with van der Waals surface area (Å²) < 4.78 is 8.73. The molecule has 0 aliphatic heterocycles. The zero-order chi connectivity index (χ0) is 38.5. The molecular formula is C55H37NOS. The number of nitrogens with zero attached hydrogens (tertiary/aromatic N) is 1. The minimum Gasteiger partial charge on any atom is -0.456 e. The Morgan fingerprint density at radius 2 is 0.810 bits per heavy atom. The Kier molecular flexibility index (Phi) is 8.27. The fourth-order valence-electron chi connectivity index (χ4n) is 8.93. The summed E-state index contributed by atoms with van der Waals surface area (Å²) in [4.78, 5) is 2.39. The van der Waals surface area contributed by atoms with Gasteiger partial charge in [0, 0.05) is 48.0 Å². The van der Waals surface area contributed by atoms with Crippen molar-refractivity contribution in [3.63, 3.8) is 0 Å². The van der Waals surface area contributed by atoms with Crippen molar-refractivity contribution in [3.8, 4) is 11.1 Å². The number of hydrogen-bond donors (Lipinski definition) is 0. The first-order valence-corrected chi connectivity index (χ1v) is 20.6. The van der Waals surface area contributed by atoms with E-state index in [9.17, 15) is 0 Å². The lowest BCUT2D eigenvalue weighted by molar-refractivity contribution is 0.669. The van der Waals surface area contributed by atoms with Gasteiger partial charge in [-0.1, -0.05) is 158 Å². The molecule has 0 aliphatic carbocycles. The highest BCUT2D eigenvalue weighted by Crippen LogP contribution is 2.47. The number of thiophene rings is 1. The SMILES string of the molecule is c1ccc(C(c2ccccc2)(c2ccccc2)c2ccc(N(c3ccc(-c4ccc5oc6ccccc6c5c4)cc3)c3ccc4sc5ccccc5c4c3)cc2)cc1. The minimum absolute atomic E-state index is 0.523. The summed E-state index contributed by atoms with van der Waals surface area (Å²) in [6.45, 7) is 0. The Morgan fingerprint density at radius 1 is 0.328 bits per heavy atom. The standard InChI is InChI=1S/C55H37NOS/c1-4-14-40(15-5-1)55(41-16-6-2-7-17-41,42-18-8-3-9-19-42)43-27-31-45(32-28-43)56(46-33-35-54-50(37-46)48-21-11-13-23-53(48)58-54)44-29-24-38(25-30-44)39-26-34-52-49(36-39)47-20-10-12-22-51(47)57-52/h1-37H. The van der Waals surface area contributed by atoms with Crippen molar-refractivity contribution in [2.24, 2.45) is 0 Å². The molecule has 0 N–H and O–H groups in total. The van der Waals surface area contributed by atoms with Crippen LogP contribution in [0.3, 0.4) is 0 Å². The highest BCUT2D eigenvalue weighted by Gasteiger charge is 2.38. The third-order valence-corrected chi connectivity index (χ3v) is 12.8. The predicted octanol–water partition coefficient (Wildman–Crippen LogP) is 15.5. The van der Waals surface area contributed by atoms with Crippen LogP contribution in [-0.2, 0) is 5.41 Å². The van der Waals surface area contributed by atoms with Crippen molar-refractivity contribution in [1.82, 2.24) is 0 Å². The molecule has 11 rings (SSSR count). The van der Waals surface area contributed by atoms with Crippen LogP contribution < -0.4 is 4.90 Å². The number of furan rings is 1. The third kappa shape index (κ3) is 5.62. The van der Waals surface area contributed by atoms with Gasteiger partial charge in [-0.3, -0.25) is 0 Å².